The van der Waals surface area contributed by atoms with Crippen LogP contribution in [0.15, 0.2) is 0 Å². The highest BCUT2D eigenvalue weighted by atomic mass is 35.5. The van der Waals surface area contributed by atoms with Gasteiger partial charge in [-0.2, -0.15) is 0 Å². The van der Waals surface area contributed by atoms with Crippen LogP contribution in [0.3, 0.4) is 0 Å². The third-order valence-electron chi connectivity index (χ3n) is 3.31. The van der Waals surface area contributed by atoms with Crippen LogP contribution in [0, 0.1) is 0 Å². The van der Waals surface area contributed by atoms with Crippen molar-refractivity contribution in [2.75, 3.05) is 26.7 Å². The van der Waals surface area contributed by atoms with Crippen molar-refractivity contribution >= 4 is 18.3 Å². The third kappa shape index (κ3) is 2.39. The highest BCUT2D eigenvalue weighted by Gasteiger charge is 2.28. The number of amides is 1. The molecule has 82 valence electrons. The molecule has 0 aliphatic carbocycles. The van der Waals surface area contributed by atoms with Gasteiger partial charge in [0.1, 0.15) is 0 Å². The van der Waals surface area contributed by atoms with E-state index in [1.807, 2.05) is 11.9 Å². The van der Waals surface area contributed by atoms with Crippen LogP contribution in [0.1, 0.15) is 25.7 Å². The molecule has 3 nitrogen and oxygen atoms in total. The van der Waals surface area contributed by atoms with Gasteiger partial charge in [0.2, 0.25) is 5.91 Å². The molecule has 14 heavy (non-hydrogen) atoms. The van der Waals surface area contributed by atoms with Gasteiger partial charge in [-0.05, 0) is 25.8 Å². The van der Waals surface area contributed by atoms with Crippen molar-refractivity contribution in [2.24, 2.45) is 0 Å². The third-order valence-corrected chi connectivity index (χ3v) is 3.31. The number of carbonyl (C=O) groups excluding carboxylic acids is 1. The smallest absolute Gasteiger partial charge is 0.236 e. The highest BCUT2D eigenvalue weighted by molar-refractivity contribution is 5.85. The lowest BCUT2D eigenvalue weighted by Crippen LogP contribution is -2.41. The molecule has 0 bridgehead atoms. The molecule has 2 saturated heterocycles. The number of halogens is 1. The largest absolute Gasteiger partial charge is 0.345 e. The molecule has 0 spiro atoms. The number of likely N-dealkylation sites (N-methyl/N-ethyl adjacent to an activating group) is 1. The Hall–Kier alpha value is -0.280. The number of hydrogen-bond acceptors (Lipinski definition) is 2. The van der Waals surface area contributed by atoms with Gasteiger partial charge in [0.25, 0.3) is 0 Å². The van der Waals surface area contributed by atoms with Gasteiger partial charge >= 0.3 is 0 Å². The SMILES string of the molecule is CN1CCC2CCCCN2CC1=O.Cl. The molecular weight excluding hydrogens is 200 g/mol. The van der Waals surface area contributed by atoms with Crippen LogP contribution in [-0.4, -0.2) is 48.4 Å². The molecule has 0 aromatic carbocycles. The molecule has 2 aliphatic heterocycles. The minimum atomic E-state index is 0. The van der Waals surface area contributed by atoms with E-state index in [9.17, 15) is 4.79 Å². The molecule has 4 heteroatoms. The van der Waals surface area contributed by atoms with E-state index in [-0.39, 0.29) is 12.4 Å². The summed E-state index contributed by atoms with van der Waals surface area (Å²) in [5.74, 6) is 0.296. The molecule has 0 radical (unpaired) electrons. The maximum atomic E-state index is 11.6. The monoisotopic (exact) mass is 218 g/mol. The van der Waals surface area contributed by atoms with E-state index in [0.717, 1.165) is 13.1 Å². The van der Waals surface area contributed by atoms with Crippen LogP contribution >= 0.6 is 12.4 Å². The minimum absolute atomic E-state index is 0. The Bertz CT molecular complexity index is 210. The summed E-state index contributed by atoms with van der Waals surface area (Å²) in [4.78, 5) is 15.8. The summed E-state index contributed by atoms with van der Waals surface area (Å²) in [6, 6.07) is 0.683. The van der Waals surface area contributed by atoms with Crippen LogP contribution in [0.25, 0.3) is 0 Å². The first-order valence-corrected chi connectivity index (χ1v) is 5.25. The number of piperidine rings is 1. The van der Waals surface area contributed by atoms with E-state index < -0.39 is 0 Å². The first-order chi connectivity index (χ1) is 6.27. The number of hydrogen-bond donors (Lipinski definition) is 0. The van der Waals surface area contributed by atoms with Gasteiger partial charge in [0.05, 0.1) is 6.54 Å². The quantitative estimate of drug-likeness (QED) is 0.609. The second-order valence-corrected chi connectivity index (χ2v) is 4.22. The van der Waals surface area contributed by atoms with Gasteiger partial charge < -0.3 is 4.90 Å². The summed E-state index contributed by atoms with van der Waals surface area (Å²) < 4.78 is 0. The fraction of sp³-hybridized carbons (Fsp3) is 0.900. The zero-order valence-corrected chi connectivity index (χ0v) is 9.55. The van der Waals surface area contributed by atoms with Crippen molar-refractivity contribution in [3.05, 3.63) is 0 Å². The van der Waals surface area contributed by atoms with Gasteiger partial charge in [0.15, 0.2) is 0 Å². The fourth-order valence-electron chi connectivity index (χ4n) is 2.36. The average Bonchev–Trinajstić information content (AvgIpc) is 2.28. The topological polar surface area (TPSA) is 23.6 Å². The lowest BCUT2D eigenvalue weighted by atomic mass is 10.00. The van der Waals surface area contributed by atoms with Crippen LogP contribution in [-0.2, 0) is 4.79 Å². The molecule has 0 N–H and O–H groups in total. The average molecular weight is 219 g/mol. The Balaban J connectivity index is 0.000000980. The highest BCUT2D eigenvalue weighted by Crippen LogP contribution is 2.21. The molecule has 0 aromatic rings. The Morgan fingerprint density at radius 3 is 2.79 bits per heavy atom. The second kappa shape index (κ2) is 4.99. The molecule has 2 rings (SSSR count). The summed E-state index contributed by atoms with van der Waals surface area (Å²) in [5, 5.41) is 0. The molecule has 2 fully saturated rings. The van der Waals surface area contributed by atoms with E-state index in [4.69, 9.17) is 0 Å². The van der Waals surface area contributed by atoms with Gasteiger partial charge in [0, 0.05) is 19.6 Å². The van der Waals surface area contributed by atoms with E-state index in [2.05, 4.69) is 4.90 Å². The maximum absolute atomic E-state index is 11.6. The molecule has 2 heterocycles. The number of rotatable bonds is 0. The van der Waals surface area contributed by atoms with Crippen molar-refractivity contribution in [1.29, 1.82) is 0 Å². The number of fused-ring (bicyclic) bond motifs is 1. The molecule has 1 unspecified atom stereocenters. The Morgan fingerprint density at radius 1 is 1.21 bits per heavy atom. The van der Waals surface area contributed by atoms with Gasteiger partial charge in [-0.25, -0.2) is 0 Å². The zero-order valence-electron chi connectivity index (χ0n) is 8.74. The van der Waals surface area contributed by atoms with E-state index in [1.54, 1.807) is 0 Å². The Labute approximate surface area is 91.8 Å². The van der Waals surface area contributed by atoms with Gasteiger partial charge in [-0.1, -0.05) is 6.42 Å². The summed E-state index contributed by atoms with van der Waals surface area (Å²) in [5.41, 5.74) is 0. The van der Waals surface area contributed by atoms with Crippen LogP contribution < -0.4 is 0 Å². The molecular formula is C10H19ClN2O. The first kappa shape index (κ1) is 11.8. The van der Waals surface area contributed by atoms with Crippen molar-refractivity contribution in [3.63, 3.8) is 0 Å². The van der Waals surface area contributed by atoms with Crippen molar-refractivity contribution in [1.82, 2.24) is 9.80 Å². The fourth-order valence-corrected chi connectivity index (χ4v) is 2.36. The van der Waals surface area contributed by atoms with Crippen molar-refractivity contribution in [2.45, 2.75) is 31.7 Å². The summed E-state index contributed by atoms with van der Waals surface area (Å²) in [6.45, 7) is 2.73. The summed E-state index contributed by atoms with van der Waals surface area (Å²) in [6.07, 6.45) is 5.08. The lowest BCUT2D eigenvalue weighted by Gasteiger charge is -2.32. The Morgan fingerprint density at radius 2 is 2.00 bits per heavy atom. The minimum Gasteiger partial charge on any atom is -0.345 e. The predicted molar refractivity (Wildman–Crippen MR) is 58.7 cm³/mol. The number of carbonyl (C=O) groups is 1. The summed E-state index contributed by atoms with van der Waals surface area (Å²) >= 11 is 0. The maximum Gasteiger partial charge on any atom is 0.236 e. The molecule has 0 aromatic heterocycles. The van der Waals surface area contributed by atoms with E-state index in [1.165, 1.54) is 25.7 Å². The summed E-state index contributed by atoms with van der Waals surface area (Å²) in [7, 11) is 1.92. The molecule has 1 amide bonds. The van der Waals surface area contributed by atoms with Crippen molar-refractivity contribution < 1.29 is 4.79 Å². The van der Waals surface area contributed by atoms with Crippen LogP contribution in [0.4, 0.5) is 0 Å². The van der Waals surface area contributed by atoms with Gasteiger partial charge in [-0.15, -0.1) is 12.4 Å². The van der Waals surface area contributed by atoms with E-state index >= 15 is 0 Å². The molecule has 1 atom stereocenters. The van der Waals surface area contributed by atoms with Gasteiger partial charge in [-0.3, -0.25) is 9.69 Å². The molecule has 2 aliphatic rings. The van der Waals surface area contributed by atoms with Crippen LogP contribution in [0.5, 0.6) is 0 Å². The van der Waals surface area contributed by atoms with E-state index in [0.29, 0.717) is 18.5 Å². The lowest BCUT2D eigenvalue weighted by molar-refractivity contribution is -0.130. The standard InChI is InChI=1S/C10H18N2O.ClH/c1-11-7-5-9-4-2-3-6-12(9)8-10(11)13;/h9H,2-8H2,1H3;1H. The zero-order chi connectivity index (χ0) is 9.26. The normalized spacial score (nSPS) is 29.1. The first-order valence-electron chi connectivity index (χ1n) is 5.25. The molecule has 0 saturated carbocycles. The van der Waals surface area contributed by atoms with Crippen LogP contribution in [0.2, 0.25) is 0 Å². The predicted octanol–water partition coefficient (Wildman–Crippen LogP) is 1.12. The number of nitrogens with zero attached hydrogens (tertiary/aromatic N) is 2. The second-order valence-electron chi connectivity index (χ2n) is 4.22. The Kier molecular flexibility index (Phi) is 4.20. The van der Waals surface area contributed by atoms with Crippen molar-refractivity contribution in [3.8, 4) is 0 Å².